The van der Waals surface area contributed by atoms with Crippen LogP contribution in [0.15, 0.2) is 67.0 Å². The number of nitrogens with zero attached hydrogens (tertiary/aromatic N) is 3. The maximum absolute atomic E-state index is 13.0. The van der Waals surface area contributed by atoms with Gasteiger partial charge in [0.05, 0.1) is 29.6 Å². The van der Waals surface area contributed by atoms with E-state index in [1.165, 1.54) is 0 Å². The Morgan fingerprint density at radius 1 is 1.09 bits per heavy atom. The molecule has 1 aliphatic rings. The molecule has 0 radical (unpaired) electrons. The van der Waals surface area contributed by atoms with Gasteiger partial charge in [0.15, 0.2) is 5.78 Å². The molecule has 172 valence electrons. The lowest BCUT2D eigenvalue weighted by Crippen LogP contribution is -2.35. The second-order valence-electron chi connectivity index (χ2n) is 8.15. The van der Waals surface area contributed by atoms with E-state index in [1.54, 1.807) is 54.9 Å². The number of para-hydroxylation sites is 1. The molecule has 0 unspecified atom stereocenters. The fourth-order valence-electron chi connectivity index (χ4n) is 3.99. The molecule has 34 heavy (non-hydrogen) atoms. The zero-order chi connectivity index (χ0) is 23.9. The third-order valence-corrected chi connectivity index (χ3v) is 5.94. The Bertz CT molecular complexity index is 1200. The summed E-state index contributed by atoms with van der Waals surface area (Å²) in [6, 6.07) is 17.2. The summed E-state index contributed by atoms with van der Waals surface area (Å²) in [5.74, 6) is -0.0488. The van der Waals surface area contributed by atoms with Crippen LogP contribution in [-0.2, 0) is 4.74 Å². The normalized spacial score (nSPS) is 13.7. The van der Waals surface area contributed by atoms with Gasteiger partial charge in [-0.25, -0.2) is 4.79 Å². The molecule has 4 rings (SSSR count). The number of rotatable bonds is 6. The summed E-state index contributed by atoms with van der Waals surface area (Å²) in [7, 11) is 0. The molecular formula is C26H25N5O3. The lowest BCUT2D eigenvalue weighted by molar-refractivity contribution is 0.103. The van der Waals surface area contributed by atoms with Gasteiger partial charge in [-0.15, -0.1) is 0 Å². The van der Waals surface area contributed by atoms with Crippen LogP contribution in [0.5, 0.6) is 0 Å². The number of hydrogen-bond acceptors (Lipinski definition) is 7. The predicted molar refractivity (Wildman–Crippen MR) is 130 cm³/mol. The predicted octanol–water partition coefficient (Wildman–Crippen LogP) is 4.23. The first-order chi connectivity index (χ1) is 16.5. The summed E-state index contributed by atoms with van der Waals surface area (Å²) in [5, 5.41) is 11.6. The third kappa shape index (κ3) is 5.33. The molecule has 1 fully saturated rings. The average Bonchev–Trinajstić information content (AvgIpc) is 2.89. The first-order valence-corrected chi connectivity index (χ1v) is 11.1. The fraction of sp³-hybridized carbons (Fsp3) is 0.231. The summed E-state index contributed by atoms with van der Waals surface area (Å²) < 4.78 is 5.47. The lowest BCUT2D eigenvalue weighted by atomic mass is 9.97. The van der Waals surface area contributed by atoms with Crippen molar-refractivity contribution < 1.29 is 14.3 Å². The van der Waals surface area contributed by atoms with Crippen LogP contribution in [0.3, 0.4) is 0 Å². The molecule has 3 N–H and O–H groups in total. The van der Waals surface area contributed by atoms with E-state index in [-0.39, 0.29) is 28.6 Å². The number of ketones is 1. The fourth-order valence-corrected chi connectivity index (χ4v) is 3.99. The van der Waals surface area contributed by atoms with Crippen LogP contribution in [-0.4, -0.2) is 36.6 Å². The van der Waals surface area contributed by atoms with Crippen LogP contribution in [0.1, 0.15) is 34.3 Å². The van der Waals surface area contributed by atoms with Gasteiger partial charge >= 0.3 is 6.09 Å². The number of benzene rings is 2. The minimum atomic E-state index is -0.650. The van der Waals surface area contributed by atoms with Crippen molar-refractivity contribution in [1.29, 1.82) is 5.26 Å². The van der Waals surface area contributed by atoms with Gasteiger partial charge in [-0.05, 0) is 67.3 Å². The van der Waals surface area contributed by atoms with Crippen molar-refractivity contribution in [2.75, 3.05) is 35.6 Å². The van der Waals surface area contributed by atoms with Crippen LogP contribution >= 0.6 is 0 Å². The molecule has 1 saturated heterocycles. The molecule has 8 heteroatoms. The number of carbonyl (C=O) groups excluding carboxylic acids is 2. The topological polar surface area (TPSA) is 121 Å². The number of nitrogens with one attached hydrogen (secondary N) is 1. The van der Waals surface area contributed by atoms with Crippen molar-refractivity contribution in [3.63, 3.8) is 0 Å². The van der Waals surface area contributed by atoms with Gasteiger partial charge < -0.3 is 15.4 Å². The number of nitrogen functional groups attached to an aromatic ring is 1. The first kappa shape index (κ1) is 22.8. The maximum atomic E-state index is 13.0. The van der Waals surface area contributed by atoms with Gasteiger partial charge in [-0.3, -0.25) is 15.1 Å². The largest absolute Gasteiger partial charge is 0.449 e. The van der Waals surface area contributed by atoms with Crippen LogP contribution < -0.4 is 16.0 Å². The molecule has 2 aromatic carbocycles. The SMILES string of the molecule is N#Cc1ccc(C(=O)c2cccc(N)c2NC(=O)OCC2CCN(c3ccncc3)CC2)cc1. The second-order valence-corrected chi connectivity index (χ2v) is 8.15. The number of anilines is 3. The van der Waals surface area contributed by atoms with Gasteiger partial charge in [-0.2, -0.15) is 5.26 Å². The number of aromatic nitrogens is 1. The molecule has 0 saturated carbocycles. The highest BCUT2D eigenvalue weighted by molar-refractivity contribution is 6.15. The number of pyridine rings is 1. The molecule has 1 aliphatic heterocycles. The van der Waals surface area contributed by atoms with E-state index < -0.39 is 6.09 Å². The summed E-state index contributed by atoms with van der Waals surface area (Å²) >= 11 is 0. The molecular weight excluding hydrogens is 430 g/mol. The van der Waals surface area contributed by atoms with E-state index in [9.17, 15) is 9.59 Å². The van der Waals surface area contributed by atoms with E-state index in [0.717, 1.165) is 31.6 Å². The van der Waals surface area contributed by atoms with Gasteiger partial charge in [0.1, 0.15) is 0 Å². The zero-order valence-corrected chi connectivity index (χ0v) is 18.6. The Morgan fingerprint density at radius 3 is 2.47 bits per heavy atom. The number of ether oxygens (including phenoxy) is 1. The number of amides is 1. The Hall–Kier alpha value is -4.38. The molecule has 0 aliphatic carbocycles. The van der Waals surface area contributed by atoms with E-state index in [0.29, 0.717) is 17.7 Å². The summed E-state index contributed by atoms with van der Waals surface area (Å²) in [5.41, 5.74) is 8.80. The molecule has 0 bridgehead atoms. The molecule has 2 heterocycles. The monoisotopic (exact) mass is 455 g/mol. The maximum Gasteiger partial charge on any atom is 0.411 e. The van der Waals surface area contributed by atoms with E-state index in [1.807, 2.05) is 18.2 Å². The van der Waals surface area contributed by atoms with Gasteiger partial charge in [0.25, 0.3) is 0 Å². The second kappa shape index (κ2) is 10.5. The lowest BCUT2D eigenvalue weighted by Gasteiger charge is -2.33. The standard InChI is InChI=1S/C26H25N5O3/c27-16-18-4-6-20(7-5-18)25(32)22-2-1-3-23(28)24(22)30-26(33)34-17-19-10-14-31(15-11-19)21-8-12-29-13-9-21/h1-9,12-13,19H,10-11,14-15,17,28H2,(H,30,33). The van der Waals surface area contributed by atoms with Crippen LogP contribution in [0, 0.1) is 17.2 Å². The van der Waals surface area contributed by atoms with Crippen molar-refractivity contribution in [2.24, 2.45) is 5.92 Å². The quantitative estimate of drug-likeness (QED) is 0.421. The number of nitrogens with two attached hydrogens (primary N) is 1. The van der Waals surface area contributed by atoms with Gasteiger partial charge in [0, 0.05) is 42.3 Å². The number of nitriles is 1. The summed E-state index contributed by atoms with van der Waals surface area (Å²) in [4.78, 5) is 31.9. The smallest absolute Gasteiger partial charge is 0.411 e. The Morgan fingerprint density at radius 2 is 1.79 bits per heavy atom. The molecule has 8 nitrogen and oxygen atoms in total. The van der Waals surface area contributed by atoms with Crippen molar-refractivity contribution in [3.8, 4) is 6.07 Å². The summed E-state index contributed by atoms with van der Waals surface area (Å²) in [6.07, 6.45) is 4.73. The van der Waals surface area contributed by atoms with Crippen molar-refractivity contribution in [2.45, 2.75) is 12.8 Å². The summed E-state index contributed by atoms with van der Waals surface area (Å²) in [6.45, 7) is 2.06. The Labute approximate surface area is 198 Å². The Balaban J connectivity index is 1.35. The van der Waals surface area contributed by atoms with Crippen LogP contribution in [0.2, 0.25) is 0 Å². The zero-order valence-electron chi connectivity index (χ0n) is 18.6. The minimum absolute atomic E-state index is 0.217. The van der Waals surface area contributed by atoms with Gasteiger partial charge in [0.2, 0.25) is 0 Å². The van der Waals surface area contributed by atoms with E-state index >= 15 is 0 Å². The minimum Gasteiger partial charge on any atom is -0.449 e. The number of hydrogen-bond donors (Lipinski definition) is 2. The van der Waals surface area contributed by atoms with Crippen molar-refractivity contribution in [1.82, 2.24) is 4.98 Å². The number of piperidine rings is 1. The first-order valence-electron chi connectivity index (χ1n) is 11.1. The average molecular weight is 456 g/mol. The highest BCUT2D eigenvalue weighted by atomic mass is 16.5. The molecule has 0 spiro atoms. The molecule has 1 amide bonds. The molecule has 3 aromatic rings. The molecule has 1 aromatic heterocycles. The van der Waals surface area contributed by atoms with E-state index in [2.05, 4.69) is 15.2 Å². The van der Waals surface area contributed by atoms with Crippen molar-refractivity contribution >= 4 is 28.9 Å². The molecule has 0 atom stereocenters. The number of carbonyl (C=O) groups is 2. The van der Waals surface area contributed by atoms with E-state index in [4.69, 9.17) is 15.7 Å². The van der Waals surface area contributed by atoms with Crippen molar-refractivity contribution in [3.05, 3.63) is 83.7 Å². The van der Waals surface area contributed by atoms with Crippen LogP contribution in [0.25, 0.3) is 0 Å². The Kier molecular flexibility index (Phi) is 7.04. The highest BCUT2D eigenvalue weighted by Gasteiger charge is 2.22. The third-order valence-electron chi connectivity index (χ3n) is 5.94. The van der Waals surface area contributed by atoms with Crippen LogP contribution in [0.4, 0.5) is 21.9 Å². The highest BCUT2D eigenvalue weighted by Crippen LogP contribution is 2.27. The van der Waals surface area contributed by atoms with Gasteiger partial charge in [-0.1, -0.05) is 6.07 Å².